The maximum Gasteiger partial charge on any atom is 0.248 e. The molecule has 0 heterocycles. The maximum absolute atomic E-state index is 12.6. The number of rotatable bonds is 2. The quantitative estimate of drug-likeness (QED) is 0.667. The zero-order valence-electron chi connectivity index (χ0n) is 6.97. The lowest BCUT2D eigenvalue weighted by Crippen LogP contribution is -2.35. The average Bonchev–Trinajstić information content (AvgIpc) is 2.03. The Kier molecular flexibility index (Phi) is 3.01. The number of hydrogen-bond acceptors (Lipinski definition) is 2. The molecule has 0 aromatic rings. The van der Waals surface area contributed by atoms with E-state index in [-0.39, 0.29) is 25.3 Å². The van der Waals surface area contributed by atoms with Gasteiger partial charge in [0.05, 0.1) is 6.10 Å². The molecule has 1 saturated carbocycles. The molecule has 0 amide bonds. The van der Waals surface area contributed by atoms with Crippen LogP contribution in [0.3, 0.4) is 0 Å². The van der Waals surface area contributed by atoms with Crippen molar-refractivity contribution in [2.45, 2.75) is 37.7 Å². The van der Waals surface area contributed by atoms with Gasteiger partial charge in [-0.1, -0.05) is 0 Å². The molecule has 0 spiro atoms. The highest BCUT2D eigenvalue weighted by atomic mass is 19.3. The van der Waals surface area contributed by atoms with Crippen molar-refractivity contribution < 1.29 is 13.9 Å². The van der Waals surface area contributed by atoms with Crippen molar-refractivity contribution in [3.05, 3.63) is 0 Å². The van der Waals surface area contributed by atoms with Gasteiger partial charge >= 0.3 is 0 Å². The van der Waals surface area contributed by atoms with E-state index in [1.54, 1.807) is 0 Å². The minimum absolute atomic E-state index is 0.0189. The van der Waals surface area contributed by atoms with E-state index in [1.165, 1.54) is 0 Å². The third-order valence-corrected chi connectivity index (χ3v) is 2.55. The van der Waals surface area contributed by atoms with Crippen LogP contribution in [-0.2, 0) is 0 Å². The Hall–Kier alpha value is -0.220. The monoisotopic (exact) mass is 179 g/mol. The molecule has 0 aromatic carbocycles. The van der Waals surface area contributed by atoms with Gasteiger partial charge < -0.3 is 10.8 Å². The van der Waals surface area contributed by atoms with Gasteiger partial charge in [-0.05, 0) is 18.8 Å². The smallest absolute Gasteiger partial charge is 0.248 e. The van der Waals surface area contributed by atoms with Gasteiger partial charge in [0.2, 0.25) is 5.92 Å². The first-order valence-electron chi connectivity index (χ1n) is 4.31. The van der Waals surface area contributed by atoms with Crippen LogP contribution >= 0.6 is 0 Å². The molecule has 1 fully saturated rings. The number of hydrogen-bond donors (Lipinski definition) is 2. The fraction of sp³-hybridized carbons (Fsp3) is 1.00. The fourth-order valence-electron chi connectivity index (χ4n) is 1.64. The van der Waals surface area contributed by atoms with Crippen LogP contribution in [0.15, 0.2) is 0 Å². The van der Waals surface area contributed by atoms with E-state index < -0.39 is 12.0 Å². The summed E-state index contributed by atoms with van der Waals surface area (Å²) in [5, 5.41) is 9.28. The number of nitrogens with two attached hydrogens (primary N) is 1. The van der Waals surface area contributed by atoms with Crippen LogP contribution in [0.5, 0.6) is 0 Å². The van der Waals surface area contributed by atoms with Crippen molar-refractivity contribution in [3.63, 3.8) is 0 Å². The van der Waals surface area contributed by atoms with Gasteiger partial charge in [0.1, 0.15) is 0 Å². The predicted molar refractivity (Wildman–Crippen MR) is 42.0 cm³/mol. The molecule has 0 radical (unpaired) electrons. The van der Waals surface area contributed by atoms with E-state index in [0.717, 1.165) is 0 Å². The third kappa shape index (κ3) is 2.38. The van der Waals surface area contributed by atoms with E-state index >= 15 is 0 Å². The Morgan fingerprint density at radius 2 is 1.92 bits per heavy atom. The maximum atomic E-state index is 12.6. The van der Waals surface area contributed by atoms with Crippen LogP contribution in [0, 0.1) is 5.92 Å². The fourth-order valence-corrected chi connectivity index (χ4v) is 1.64. The van der Waals surface area contributed by atoms with E-state index in [4.69, 9.17) is 5.73 Å². The Bertz CT molecular complexity index is 142. The second kappa shape index (κ2) is 3.66. The first kappa shape index (κ1) is 9.86. The minimum Gasteiger partial charge on any atom is -0.392 e. The zero-order valence-corrected chi connectivity index (χ0v) is 6.97. The van der Waals surface area contributed by atoms with Crippen molar-refractivity contribution in [1.82, 2.24) is 0 Å². The van der Waals surface area contributed by atoms with Crippen LogP contribution in [-0.4, -0.2) is 23.7 Å². The Balaban J connectivity index is 2.36. The largest absolute Gasteiger partial charge is 0.392 e. The van der Waals surface area contributed by atoms with Gasteiger partial charge in [0.25, 0.3) is 0 Å². The summed E-state index contributed by atoms with van der Waals surface area (Å²) >= 11 is 0. The first-order chi connectivity index (χ1) is 5.55. The van der Waals surface area contributed by atoms with Crippen LogP contribution in [0.25, 0.3) is 0 Å². The molecule has 0 aliphatic heterocycles. The summed E-state index contributed by atoms with van der Waals surface area (Å²) < 4.78 is 25.3. The topological polar surface area (TPSA) is 46.2 Å². The van der Waals surface area contributed by atoms with Crippen molar-refractivity contribution in [2.75, 3.05) is 6.54 Å². The first-order valence-corrected chi connectivity index (χ1v) is 4.31. The van der Waals surface area contributed by atoms with Gasteiger partial charge in [-0.25, -0.2) is 8.78 Å². The molecule has 0 saturated heterocycles. The second-order valence-electron chi connectivity index (χ2n) is 3.50. The average molecular weight is 179 g/mol. The summed E-state index contributed by atoms with van der Waals surface area (Å²) in [6, 6.07) is 0. The summed E-state index contributed by atoms with van der Waals surface area (Å²) in [5.41, 5.74) is 5.23. The highest BCUT2D eigenvalue weighted by Crippen LogP contribution is 2.37. The van der Waals surface area contributed by atoms with Crippen LogP contribution in [0.1, 0.15) is 25.7 Å². The summed E-state index contributed by atoms with van der Waals surface area (Å²) in [6.45, 7) is 0.177. The standard InChI is InChI=1S/C8H15F2NO/c9-8(10)3-1-6(2-4-8)7(12)5-11/h6-7,12H,1-5,11H2. The molecule has 1 aliphatic carbocycles. The highest BCUT2D eigenvalue weighted by molar-refractivity contribution is 4.81. The summed E-state index contributed by atoms with van der Waals surface area (Å²) in [7, 11) is 0. The van der Waals surface area contributed by atoms with Gasteiger partial charge in [-0.2, -0.15) is 0 Å². The number of aliphatic hydroxyl groups excluding tert-OH is 1. The summed E-state index contributed by atoms with van der Waals surface area (Å²) in [4.78, 5) is 0. The zero-order chi connectivity index (χ0) is 9.19. The third-order valence-electron chi connectivity index (χ3n) is 2.55. The Morgan fingerprint density at radius 3 is 2.33 bits per heavy atom. The number of halogens is 2. The summed E-state index contributed by atoms with van der Waals surface area (Å²) in [6.07, 6.45) is -0.0127. The molecule has 2 nitrogen and oxygen atoms in total. The van der Waals surface area contributed by atoms with Crippen LogP contribution in [0.4, 0.5) is 8.78 Å². The lowest BCUT2D eigenvalue weighted by molar-refractivity contribution is -0.0609. The van der Waals surface area contributed by atoms with Gasteiger partial charge in [0.15, 0.2) is 0 Å². The molecule has 4 heteroatoms. The van der Waals surface area contributed by atoms with E-state index in [9.17, 15) is 13.9 Å². The lowest BCUT2D eigenvalue weighted by Gasteiger charge is -2.30. The normalized spacial score (nSPS) is 27.0. The van der Waals surface area contributed by atoms with Gasteiger partial charge in [-0.15, -0.1) is 0 Å². The molecular weight excluding hydrogens is 164 g/mol. The molecule has 72 valence electrons. The molecule has 1 unspecified atom stereocenters. The van der Waals surface area contributed by atoms with Crippen molar-refractivity contribution in [2.24, 2.45) is 11.7 Å². The lowest BCUT2D eigenvalue weighted by atomic mass is 9.83. The minimum atomic E-state index is -2.51. The van der Waals surface area contributed by atoms with Crippen molar-refractivity contribution in [1.29, 1.82) is 0 Å². The van der Waals surface area contributed by atoms with Crippen LogP contribution < -0.4 is 5.73 Å². The van der Waals surface area contributed by atoms with Crippen LogP contribution in [0.2, 0.25) is 0 Å². The highest BCUT2D eigenvalue weighted by Gasteiger charge is 2.36. The van der Waals surface area contributed by atoms with E-state index in [0.29, 0.717) is 12.8 Å². The van der Waals surface area contributed by atoms with Crippen molar-refractivity contribution in [3.8, 4) is 0 Å². The molecule has 12 heavy (non-hydrogen) atoms. The SMILES string of the molecule is NCC(O)C1CCC(F)(F)CC1. The number of aliphatic hydroxyl groups is 1. The molecule has 3 N–H and O–H groups in total. The molecule has 1 atom stereocenters. The Labute approximate surface area is 70.8 Å². The summed E-state index contributed by atoms with van der Waals surface area (Å²) in [5.74, 6) is -2.53. The van der Waals surface area contributed by atoms with Gasteiger partial charge in [0, 0.05) is 19.4 Å². The molecule has 1 rings (SSSR count). The van der Waals surface area contributed by atoms with E-state index in [2.05, 4.69) is 0 Å². The molecule has 0 aromatic heterocycles. The Morgan fingerprint density at radius 1 is 1.42 bits per heavy atom. The predicted octanol–water partition coefficient (Wildman–Crippen LogP) is 1.13. The number of alkyl halides is 2. The second-order valence-corrected chi connectivity index (χ2v) is 3.50. The van der Waals surface area contributed by atoms with Gasteiger partial charge in [-0.3, -0.25) is 0 Å². The molecule has 1 aliphatic rings. The van der Waals surface area contributed by atoms with E-state index in [1.807, 2.05) is 0 Å². The molecule has 0 bridgehead atoms. The molecular formula is C8H15F2NO. The van der Waals surface area contributed by atoms with Crippen molar-refractivity contribution >= 4 is 0 Å².